The second-order valence-electron chi connectivity index (χ2n) is 8.13. The number of halogens is 13. The van der Waals surface area contributed by atoms with Crippen LogP contribution in [0, 0.1) is 5.41 Å². The maximum absolute atomic E-state index is 14.0. The number of amides is 1. The molecule has 0 atom stereocenters. The molecule has 0 bridgehead atoms. The third kappa shape index (κ3) is 5.63. The predicted molar refractivity (Wildman–Crippen MR) is 91.0 cm³/mol. The van der Waals surface area contributed by atoms with Crippen LogP contribution < -0.4 is 0 Å². The van der Waals surface area contributed by atoms with E-state index in [9.17, 15) is 61.9 Å². The zero-order valence-electron chi connectivity index (χ0n) is 18.0. The Bertz CT molecular complexity index is 671. The average Bonchev–Trinajstić information content (AvgIpc) is 2.65. The standard InChI is InChI=1S/C18H24F13NO/c1-5-7-9-32(11(33)12(3,4)6-2)10-8-13(19,20)14(21,22)15(23,24)16(25,26)17(27,28)18(29,30)31/h5-10H2,1-4H3. The summed E-state index contributed by atoms with van der Waals surface area (Å²) in [4.78, 5) is 13.1. The highest BCUT2D eigenvalue weighted by Crippen LogP contribution is 2.60. The van der Waals surface area contributed by atoms with Crippen LogP contribution in [0.4, 0.5) is 57.1 Å². The number of nitrogens with zero attached hydrogens (tertiary/aromatic N) is 1. The lowest BCUT2D eigenvalue weighted by atomic mass is 9.88. The van der Waals surface area contributed by atoms with E-state index in [-0.39, 0.29) is 19.4 Å². The summed E-state index contributed by atoms with van der Waals surface area (Å²) in [6.45, 7) is 4.15. The first-order valence-electron chi connectivity index (χ1n) is 9.64. The van der Waals surface area contributed by atoms with Crippen molar-refractivity contribution in [3.8, 4) is 0 Å². The lowest BCUT2D eigenvalue weighted by molar-refractivity contribution is -0.440. The Kier molecular flexibility index (Phi) is 9.24. The van der Waals surface area contributed by atoms with E-state index >= 15 is 0 Å². The van der Waals surface area contributed by atoms with Crippen molar-refractivity contribution in [1.82, 2.24) is 4.90 Å². The van der Waals surface area contributed by atoms with Crippen LogP contribution in [0.5, 0.6) is 0 Å². The summed E-state index contributed by atoms with van der Waals surface area (Å²) in [5, 5.41) is 0. The van der Waals surface area contributed by atoms with Crippen molar-refractivity contribution >= 4 is 5.91 Å². The van der Waals surface area contributed by atoms with Crippen LogP contribution >= 0.6 is 0 Å². The van der Waals surface area contributed by atoms with E-state index in [1.165, 1.54) is 20.8 Å². The Hall–Kier alpha value is -1.44. The number of hydrogen-bond acceptors (Lipinski definition) is 1. The highest BCUT2D eigenvalue weighted by atomic mass is 19.4. The molecule has 0 saturated heterocycles. The van der Waals surface area contributed by atoms with Gasteiger partial charge < -0.3 is 4.90 Å². The molecule has 0 N–H and O–H groups in total. The number of hydrogen-bond donors (Lipinski definition) is 0. The monoisotopic (exact) mass is 517 g/mol. The normalized spacial score (nSPS) is 15.1. The molecule has 0 aromatic rings. The smallest absolute Gasteiger partial charge is 0.342 e. The van der Waals surface area contributed by atoms with Crippen molar-refractivity contribution in [3.63, 3.8) is 0 Å². The van der Waals surface area contributed by atoms with Crippen molar-refractivity contribution in [1.29, 1.82) is 0 Å². The summed E-state index contributed by atoms with van der Waals surface area (Å²) in [5.74, 6) is -37.9. The Balaban J connectivity index is 6.08. The van der Waals surface area contributed by atoms with E-state index in [0.29, 0.717) is 11.3 Å². The van der Waals surface area contributed by atoms with Crippen molar-refractivity contribution in [2.24, 2.45) is 5.41 Å². The second-order valence-corrected chi connectivity index (χ2v) is 8.13. The number of carbonyl (C=O) groups excluding carboxylic acids is 1. The molecule has 0 aromatic heterocycles. The van der Waals surface area contributed by atoms with Gasteiger partial charge >= 0.3 is 35.8 Å². The van der Waals surface area contributed by atoms with Gasteiger partial charge in [-0.1, -0.05) is 34.1 Å². The van der Waals surface area contributed by atoms with E-state index < -0.39 is 60.1 Å². The summed E-state index contributed by atoms with van der Waals surface area (Å²) < 4.78 is 171. The molecule has 0 radical (unpaired) electrons. The topological polar surface area (TPSA) is 20.3 Å². The minimum absolute atomic E-state index is 0.137. The quantitative estimate of drug-likeness (QED) is 0.251. The van der Waals surface area contributed by atoms with Gasteiger partial charge in [0.15, 0.2) is 0 Å². The zero-order chi connectivity index (χ0) is 26.9. The molecule has 0 saturated carbocycles. The first kappa shape index (κ1) is 31.6. The molecule has 0 heterocycles. The van der Waals surface area contributed by atoms with Gasteiger partial charge in [0.1, 0.15) is 0 Å². The van der Waals surface area contributed by atoms with Gasteiger partial charge in [-0.3, -0.25) is 4.79 Å². The fraction of sp³-hybridized carbons (Fsp3) is 0.944. The molecule has 0 aromatic carbocycles. The van der Waals surface area contributed by atoms with Crippen molar-refractivity contribution in [2.45, 2.75) is 89.2 Å². The van der Waals surface area contributed by atoms with Crippen LogP contribution in [0.1, 0.15) is 53.4 Å². The van der Waals surface area contributed by atoms with Gasteiger partial charge in [0, 0.05) is 24.9 Å². The van der Waals surface area contributed by atoms with E-state index in [4.69, 9.17) is 0 Å². The van der Waals surface area contributed by atoms with Gasteiger partial charge in [-0.15, -0.1) is 0 Å². The van der Waals surface area contributed by atoms with Crippen LogP contribution in [-0.2, 0) is 4.79 Å². The Labute approximate surface area is 181 Å². The third-order valence-electron chi connectivity index (χ3n) is 5.23. The average molecular weight is 517 g/mol. The lowest BCUT2D eigenvalue weighted by Crippen LogP contribution is -2.70. The second kappa shape index (κ2) is 9.67. The SMILES string of the molecule is CCCCN(CCC(F)(F)C(F)(F)C(F)(F)C(F)(F)C(F)(F)C(F)(F)F)C(=O)C(C)(C)CC. The van der Waals surface area contributed by atoms with Gasteiger partial charge in [-0.05, 0) is 12.8 Å². The molecule has 0 aliphatic rings. The van der Waals surface area contributed by atoms with Crippen LogP contribution in [0.3, 0.4) is 0 Å². The molecule has 2 nitrogen and oxygen atoms in total. The van der Waals surface area contributed by atoms with E-state index in [1.807, 2.05) is 0 Å². The Morgan fingerprint density at radius 1 is 0.667 bits per heavy atom. The van der Waals surface area contributed by atoms with Crippen LogP contribution in [0.25, 0.3) is 0 Å². The number of rotatable bonds is 12. The molecule has 198 valence electrons. The maximum atomic E-state index is 14.0. The Morgan fingerprint density at radius 2 is 1.09 bits per heavy atom. The summed E-state index contributed by atoms with van der Waals surface area (Å²) in [5.41, 5.74) is -1.21. The van der Waals surface area contributed by atoms with E-state index in [0.717, 1.165) is 0 Å². The minimum Gasteiger partial charge on any atom is -0.342 e. The minimum atomic E-state index is -7.92. The largest absolute Gasteiger partial charge is 0.460 e. The molecular formula is C18H24F13NO. The highest BCUT2D eigenvalue weighted by Gasteiger charge is 2.90. The predicted octanol–water partition coefficient (Wildman–Crippen LogP) is 7.18. The van der Waals surface area contributed by atoms with Gasteiger partial charge in [0.05, 0.1) is 0 Å². The summed E-state index contributed by atoms with van der Waals surface area (Å²) in [6, 6.07) is 0. The molecule has 33 heavy (non-hydrogen) atoms. The van der Waals surface area contributed by atoms with Crippen molar-refractivity contribution in [3.05, 3.63) is 0 Å². The zero-order valence-corrected chi connectivity index (χ0v) is 18.0. The highest BCUT2D eigenvalue weighted by molar-refractivity contribution is 5.81. The van der Waals surface area contributed by atoms with Gasteiger partial charge in [-0.2, -0.15) is 57.1 Å². The molecule has 0 unspecified atom stereocenters. The number of carbonyl (C=O) groups is 1. The summed E-state index contributed by atoms with van der Waals surface area (Å²) in [7, 11) is 0. The van der Waals surface area contributed by atoms with Gasteiger partial charge in [0.25, 0.3) is 0 Å². The number of unbranched alkanes of at least 4 members (excludes halogenated alkanes) is 1. The van der Waals surface area contributed by atoms with Gasteiger partial charge in [-0.25, -0.2) is 0 Å². The lowest BCUT2D eigenvalue weighted by Gasteiger charge is -2.40. The fourth-order valence-electron chi connectivity index (χ4n) is 2.48. The van der Waals surface area contributed by atoms with Crippen LogP contribution in [0.2, 0.25) is 0 Å². The number of alkyl halides is 13. The first-order valence-corrected chi connectivity index (χ1v) is 9.64. The molecule has 0 aliphatic heterocycles. The molecule has 0 fully saturated rings. The summed E-state index contributed by atoms with van der Waals surface area (Å²) >= 11 is 0. The summed E-state index contributed by atoms with van der Waals surface area (Å²) in [6.07, 6.45) is -9.18. The molecule has 0 spiro atoms. The maximum Gasteiger partial charge on any atom is 0.460 e. The Morgan fingerprint density at radius 3 is 1.45 bits per heavy atom. The van der Waals surface area contributed by atoms with E-state index in [1.54, 1.807) is 6.92 Å². The van der Waals surface area contributed by atoms with Crippen LogP contribution in [-0.4, -0.2) is 59.7 Å². The third-order valence-corrected chi connectivity index (χ3v) is 5.23. The van der Waals surface area contributed by atoms with E-state index in [2.05, 4.69) is 0 Å². The van der Waals surface area contributed by atoms with Crippen molar-refractivity contribution < 1.29 is 61.9 Å². The van der Waals surface area contributed by atoms with Gasteiger partial charge in [0.2, 0.25) is 5.91 Å². The fourth-order valence-corrected chi connectivity index (χ4v) is 2.48. The molecule has 0 aliphatic carbocycles. The van der Waals surface area contributed by atoms with Crippen molar-refractivity contribution in [2.75, 3.05) is 13.1 Å². The molecule has 15 heteroatoms. The molecule has 0 rings (SSSR count). The molecule has 1 amide bonds. The first-order chi connectivity index (χ1) is 14.4. The molecular weight excluding hydrogens is 493 g/mol. The van der Waals surface area contributed by atoms with Crippen LogP contribution in [0.15, 0.2) is 0 Å².